The van der Waals surface area contributed by atoms with Crippen LogP contribution in [0.1, 0.15) is 105 Å². The van der Waals surface area contributed by atoms with Crippen molar-refractivity contribution in [2.45, 2.75) is 150 Å². The first kappa shape index (κ1) is 42.7. The van der Waals surface area contributed by atoms with E-state index in [4.69, 9.17) is 16.0 Å². The van der Waals surface area contributed by atoms with Crippen LogP contribution in [0.3, 0.4) is 0 Å². The van der Waals surface area contributed by atoms with E-state index in [0.717, 1.165) is 10.6 Å². The molecular weight excluding hydrogens is 715 g/mol. The van der Waals surface area contributed by atoms with Gasteiger partial charge in [-0.1, -0.05) is 38.4 Å². The van der Waals surface area contributed by atoms with Gasteiger partial charge in [0.25, 0.3) is 0 Å². The molecule has 0 spiro atoms. The molecule has 0 aromatic heterocycles. The number of hydrogen-bond acceptors (Lipinski definition) is 3. The van der Waals surface area contributed by atoms with Crippen LogP contribution in [0.15, 0.2) is 63.9 Å². The van der Waals surface area contributed by atoms with E-state index < -0.39 is 32.7 Å². The summed E-state index contributed by atoms with van der Waals surface area (Å²) in [4.78, 5) is 26.9. The van der Waals surface area contributed by atoms with Crippen molar-refractivity contribution >= 4 is 50.1 Å². The molecular formula is C38H65ClN2O3SiSn. The van der Waals surface area contributed by atoms with Gasteiger partial charge in [-0.3, -0.25) is 0 Å². The van der Waals surface area contributed by atoms with Crippen molar-refractivity contribution in [3.63, 3.8) is 0 Å². The van der Waals surface area contributed by atoms with Crippen LogP contribution in [0, 0.1) is 0 Å². The van der Waals surface area contributed by atoms with Crippen LogP contribution in [-0.4, -0.2) is 50.7 Å². The van der Waals surface area contributed by atoms with Crippen molar-refractivity contribution in [3.8, 4) is 0 Å². The summed E-state index contributed by atoms with van der Waals surface area (Å²) >= 11 is 3.52. The molecule has 0 unspecified atom stereocenters. The molecule has 0 saturated carbocycles. The van der Waals surface area contributed by atoms with Crippen LogP contribution in [-0.2, 0) is 20.4 Å². The first-order valence-corrected chi connectivity index (χ1v) is 28.7. The van der Waals surface area contributed by atoms with Gasteiger partial charge >= 0.3 is 217 Å². The molecule has 46 heavy (non-hydrogen) atoms. The standard InChI is InChI=1S/C26H38ClN2O3Si.3C4H9.Sn/c1-8-24(30)29-23(19-21-13-10-9-11-14-21)25(31)28-18-12-15-22(17-16-20(2)27)32-33(6,7)26(3,4)5;3*1-3-4-2;/h1,8-14,16,18,22-23H,15,17,19H2,2-7H3,(H,28,31)(H,29,30);3*1,3-4H2,2H3;/b8-1?,18-12-,20-16+;;;;/t22-,23-;;;;/m0..../s1. The van der Waals surface area contributed by atoms with Crippen LogP contribution in [0.2, 0.25) is 31.4 Å². The molecule has 0 aliphatic rings. The van der Waals surface area contributed by atoms with Crippen LogP contribution >= 0.6 is 11.6 Å². The third-order valence-corrected chi connectivity index (χ3v) is 28.0. The molecule has 8 heteroatoms. The minimum atomic E-state index is -2.63. The third-order valence-electron chi connectivity index (χ3n) is 9.26. The SMILES string of the molecule is CCC[CH2][Sn](/[CH]=C\C(=O)N[C@@H](Cc1ccccc1)C(=O)N/C=C\C[C@@H](C/C=C(\C)Cl)O[Si](C)(C)C(C)(C)C)([CH2]CCC)[CH2]CCC. The van der Waals surface area contributed by atoms with E-state index in [9.17, 15) is 9.59 Å². The molecule has 2 amide bonds. The number of halogens is 1. The van der Waals surface area contributed by atoms with Gasteiger partial charge in [-0.15, -0.1) is 0 Å². The predicted octanol–water partition coefficient (Wildman–Crippen LogP) is 10.6. The Hall–Kier alpha value is -1.35. The van der Waals surface area contributed by atoms with Crippen LogP contribution < -0.4 is 10.6 Å². The second-order valence-corrected chi connectivity index (χ2v) is 32.8. The fourth-order valence-electron chi connectivity index (χ4n) is 5.28. The molecule has 1 rings (SSSR count). The van der Waals surface area contributed by atoms with Gasteiger partial charge in [0.1, 0.15) is 0 Å². The second kappa shape index (κ2) is 22.3. The van der Waals surface area contributed by atoms with Crippen molar-refractivity contribution in [3.05, 3.63) is 69.4 Å². The molecule has 1 aromatic carbocycles. The molecule has 0 radical (unpaired) electrons. The topological polar surface area (TPSA) is 67.4 Å². The Morgan fingerprint density at radius 2 is 1.52 bits per heavy atom. The van der Waals surface area contributed by atoms with Gasteiger partial charge < -0.3 is 0 Å². The number of unbranched alkanes of at least 4 members (excludes halogenated alkanes) is 3. The Morgan fingerprint density at radius 1 is 0.957 bits per heavy atom. The van der Waals surface area contributed by atoms with E-state index in [1.807, 2.05) is 49.4 Å². The summed E-state index contributed by atoms with van der Waals surface area (Å²) in [5.41, 5.74) is 1.00. The van der Waals surface area contributed by atoms with E-state index in [-0.39, 0.29) is 23.0 Å². The van der Waals surface area contributed by atoms with E-state index >= 15 is 0 Å². The van der Waals surface area contributed by atoms with E-state index in [0.29, 0.717) is 19.3 Å². The van der Waals surface area contributed by atoms with Gasteiger partial charge in [0.05, 0.1) is 0 Å². The van der Waals surface area contributed by atoms with E-state index in [1.54, 1.807) is 12.3 Å². The molecule has 2 N–H and O–H groups in total. The van der Waals surface area contributed by atoms with Gasteiger partial charge in [-0.05, 0) is 25.1 Å². The Labute approximate surface area is 292 Å². The first-order chi connectivity index (χ1) is 21.7. The van der Waals surface area contributed by atoms with Gasteiger partial charge in [0.2, 0.25) is 0 Å². The average molecular weight is 780 g/mol. The van der Waals surface area contributed by atoms with Gasteiger partial charge in [0, 0.05) is 5.03 Å². The number of benzene rings is 1. The molecule has 0 fully saturated rings. The summed E-state index contributed by atoms with van der Waals surface area (Å²) in [6.07, 6.45) is 16.5. The summed E-state index contributed by atoms with van der Waals surface area (Å²) in [5.74, 6) is -0.394. The maximum absolute atomic E-state index is 13.5. The van der Waals surface area contributed by atoms with Crippen molar-refractivity contribution < 1.29 is 14.0 Å². The Kier molecular flexibility index (Phi) is 20.7. The fourth-order valence-corrected chi connectivity index (χ4v) is 20.8. The minimum absolute atomic E-state index is 0.0348. The van der Waals surface area contributed by atoms with Gasteiger partial charge in [-0.25, -0.2) is 0 Å². The second-order valence-electron chi connectivity index (χ2n) is 14.4. The number of rotatable bonds is 22. The summed E-state index contributed by atoms with van der Waals surface area (Å²) in [6, 6.07) is 9.19. The number of carbonyl (C=O) groups is 2. The van der Waals surface area contributed by atoms with Crippen molar-refractivity contribution in [1.82, 2.24) is 10.6 Å². The summed E-state index contributed by atoms with van der Waals surface area (Å²) in [6.45, 7) is 19.8. The number of hydrogen-bond donors (Lipinski definition) is 2. The predicted molar refractivity (Wildman–Crippen MR) is 204 cm³/mol. The average Bonchev–Trinajstić information content (AvgIpc) is 3.00. The summed E-state index contributed by atoms with van der Waals surface area (Å²) in [7, 11) is -1.99. The monoisotopic (exact) mass is 780 g/mol. The zero-order valence-electron chi connectivity index (χ0n) is 30.5. The number of carbonyl (C=O) groups excluding carboxylic acids is 2. The Bertz CT molecular complexity index is 1090. The molecule has 2 atom stereocenters. The molecule has 1 aromatic rings. The summed E-state index contributed by atoms with van der Waals surface area (Å²) < 4.78 is 12.9. The van der Waals surface area contributed by atoms with Crippen molar-refractivity contribution in [1.29, 1.82) is 0 Å². The van der Waals surface area contributed by atoms with Gasteiger partial charge in [0.15, 0.2) is 8.32 Å². The zero-order valence-corrected chi connectivity index (χ0v) is 35.1. The number of amides is 2. The normalized spacial score (nSPS) is 14.5. The molecule has 5 nitrogen and oxygen atoms in total. The first-order valence-electron chi connectivity index (χ1n) is 17.7. The number of allylic oxidation sites excluding steroid dienone is 1. The van der Waals surface area contributed by atoms with Crippen molar-refractivity contribution in [2.75, 3.05) is 0 Å². The molecule has 0 bridgehead atoms. The Morgan fingerprint density at radius 3 is 2.02 bits per heavy atom. The molecule has 0 aliphatic carbocycles. The maximum atomic E-state index is 13.5. The van der Waals surface area contributed by atoms with Crippen LogP contribution in [0.5, 0.6) is 0 Å². The number of nitrogens with one attached hydrogen (secondary N) is 2. The van der Waals surface area contributed by atoms with E-state index in [2.05, 4.69) is 69.4 Å². The van der Waals surface area contributed by atoms with E-state index in [1.165, 1.54) is 51.8 Å². The quantitative estimate of drug-likeness (QED) is 0.0910. The molecule has 0 saturated heterocycles. The molecule has 0 heterocycles. The third kappa shape index (κ3) is 17.2. The summed E-state index contributed by atoms with van der Waals surface area (Å²) in [5, 5.41) is 6.84. The van der Waals surface area contributed by atoms with Crippen LogP contribution in [0.25, 0.3) is 0 Å². The van der Waals surface area contributed by atoms with Gasteiger partial charge in [-0.2, -0.15) is 0 Å². The zero-order chi connectivity index (χ0) is 34.6. The van der Waals surface area contributed by atoms with Crippen molar-refractivity contribution in [2.24, 2.45) is 0 Å². The van der Waals surface area contributed by atoms with Crippen LogP contribution in [0.4, 0.5) is 0 Å². The molecule has 0 aliphatic heterocycles. The fraction of sp³-hybridized carbons (Fsp3) is 0.632. The molecule has 260 valence electrons. The Balaban J connectivity index is 3.11.